The molecule has 0 spiro atoms. The van der Waals surface area contributed by atoms with Gasteiger partial charge >= 0.3 is 0 Å². The molecule has 3 aromatic heterocycles. The number of nitrogens with zero attached hydrogens (tertiary/aromatic N) is 3. The number of sulfonamides is 1. The lowest BCUT2D eigenvalue weighted by molar-refractivity contribution is 0.452. The predicted octanol–water partition coefficient (Wildman–Crippen LogP) is 5.19. The van der Waals surface area contributed by atoms with Crippen LogP contribution >= 0.6 is 22.9 Å². The van der Waals surface area contributed by atoms with Crippen molar-refractivity contribution in [2.24, 2.45) is 0 Å². The van der Waals surface area contributed by atoms with E-state index in [1.54, 1.807) is 30.5 Å². The number of aromatic nitrogens is 3. The second kappa shape index (κ2) is 8.19. The molecule has 0 saturated heterocycles. The Bertz CT molecular complexity index is 1380. The van der Waals surface area contributed by atoms with Crippen LogP contribution in [0.25, 0.3) is 21.8 Å². The van der Waals surface area contributed by atoms with Gasteiger partial charge in [-0.05, 0) is 24.3 Å². The maximum atomic E-state index is 12.6. The van der Waals surface area contributed by atoms with Crippen molar-refractivity contribution in [2.45, 2.75) is 31.3 Å². The lowest BCUT2D eigenvalue weighted by Crippen LogP contribution is -2.12. The van der Waals surface area contributed by atoms with Gasteiger partial charge in [0.05, 0.1) is 38.2 Å². The molecule has 0 atom stereocenters. The summed E-state index contributed by atoms with van der Waals surface area (Å²) >= 11 is 8.15. The lowest BCUT2D eigenvalue weighted by atomic mass is 9.98. The molecular formula is C21H20ClN5O3S2. The maximum absolute atomic E-state index is 12.6. The average Bonchev–Trinajstić information content (AvgIpc) is 3.40. The van der Waals surface area contributed by atoms with Crippen molar-refractivity contribution in [3.8, 4) is 21.8 Å². The first-order chi connectivity index (χ1) is 15.1. The van der Waals surface area contributed by atoms with Gasteiger partial charge in [0.15, 0.2) is 0 Å². The Balaban J connectivity index is 1.85. The third kappa shape index (κ3) is 4.34. The molecule has 3 heterocycles. The molecule has 4 rings (SSSR count). The van der Waals surface area contributed by atoms with Gasteiger partial charge < -0.3 is 10.2 Å². The quantitative estimate of drug-likeness (QED) is 0.395. The van der Waals surface area contributed by atoms with Gasteiger partial charge in [-0.15, -0.1) is 11.3 Å². The van der Waals surface area contributed by atoms with Crippen molar-refractivity contribution in [3.05, 3.63) is 58.9 Å². The summed E-state index contributed by atoms with van der Waals surface area (Å²) in [5.74, 6) is 0.144. The molecule has 1 aromatic carbocycles. The molecule has 0 fully saturated rings. The summed E-state index contributed by atoms with van der Waals surface area (Å²) in [6, 6.07) is 9.66. The summed E-state index contributed by atoms with van der Waals surface area (Å²) in [7, 11) is -3.93. The summed E-state index contributed by atoms with van der Waals surface area (Å²) in [5, 5.41) is 0.869. The molecule has 0 unspecified atom stereocenters. The summed E-state index contributed by atoms with van der Waals surface area (Å²) in [6.07, 6.45) is 2.86. The van der Waals surface area contributed by atoms with Crippen LogP contribution in [0.4, 0.5) is 11.6 Å². The van der Waals surface area contributed by atoms with Crippen molar-refractivity contribution in [3.63, 3.8) is 0 Å². The van der Waals surface area contributed by atoms with Crippen LogP contribution < -0.4 is 10.5 Å². The van der Waals surface area contributed by atoms with Crippen LogP contribution in [0, 0.1) is 0 Å². The first-order valence-electron chi connectivity index (χ1n) is 9.51. The van der Waals surface area contributed by atoms with Crippen LogP contribution in [0.1, 0.15) is 25.8 Å². The number of hydrogen-bond donors (Lipinski definition) is 2. The fraction of sp³-hybridized carbons (Fsp3) is 0.190. The van der Waals surface area contributed by atoms with Crippen LogP contribution in [-0.4, -0.2) is 23.4 Å². The number of benzene rings is 1. The number of nitrogens with two attached hydrogens (primary N) is 1. The van der Waals surface area contributed by atoms with Gasteiger partial charge in [0, 0.05) is 17.2 Å². The summed E-state index contributed by atoms with van der Waals surface area (Å²) in [5.41, 5.74) is 7.54. The largest absolute Gasteiger partial charge is 0.451 e. The average molecular weight is 490 g/mol. The highest BCUT2D eigenvalue weighted by Crippen LogP contribution is 2.43. The highest BCUT2D eigenvalue weighted by atomic mass is 35.5. The Hall–Kier alpha value is -2.95. The molecule has 0 saturated carbocycles. The molecule has 4 aromatic rings. The van der Waals surface area contributed by atoms with E-state index in [4.69, 9.17) is 26.7 Å². The van der Waals surface area contributed by atoms with E-state index in [1.807, 2.05) is 0 Å². The van der Waals surface area contributed by atoms with Gasteiger partial charge in [-0.25, -0.2) is 15.0 Å². The summed E-state index contributed by atoms with van der Waals surface area (Å²) in [6.45, 7) is 6.18. The van der Waals surface area contributed by atoms with Gasteiger partial charge in [0.2, 0.25) is 11.0 Å². The predicted molar refractivity (Wildman–Crippen MR) is 126 cm³/mol. The number of rotatable bonds is 5. The monoisotopic (exact) mass is 489 g/mol. The first-order valence-corrected chi connectivity index (χ1v) is 12.2. The van der Waals surface area contributed by atoms with E-state index >= 15 is 0 Å². The molecule has 0 radical (unpaired) electrons. The first kappa shape index (κ1) is 22.3. The van der Waals surface area contributed by atoms with Crippen LogP contribution in [0.3, 0.4) is 0 Å². The molecule has 0 amide bonds. The zero-order valence-corrected chi connectivity index (χ0v) is 19.8. The Labute approximate surface area is 194 Å². The zero-order chi connectivity index (χ0) is 23.1. The molecule has 32 heavy (non-hydrogen) atoms. The standard InChI is InChI=1S/C21H20ClN5O3S2/c1-21(2,3)19-26-17(18(31-19)14-9-10-24-20(23)25-14)12-6-4-7-13(16(12)22)27-32(28,29)15-8-5-11-30-15/h4-11,27H,1-3H3,(H2,23,24,25). The number of thiazole rings is 1. The van der Waals surface area contributed by atoms with Crippen LogP contribution in [-0.2, 0) is 15.4 Å². The van der Waals surface area contributed by atoms with Crippen molar-refractivity contribution < 1.29 is 12.8 Å². The molecule has 166 valence electrons. The maximum Gasteiger partial charge on any atom is 0.295 e. The molecule has 8 nitrogen and oxygen atoms in total. The highest BCUT2D eigenvalue weighted by molar-refractivity contribution is 7.92. The van der Waals surface area contributed by atoms with Gasteiger partial charge in [-0.2, -0.15) is 8.42 Å². The smallest absolute Gasteiger partial charge is 0.295 e. The lowest BCUT2D eigenvalue weighted by Gasteiger charge is -2.14. The zero-order valence-electron chi connectivity index (χ0n) is 17.5. The highest BCUT2D eigenvalue weighted by Gasteiger charge is 2.26. The van der Waals surface area contributed by atoms with E-state index in [-0.39, 0.29) is 27.2 Å². The van der Waals surface area contributed by atoms with E-state index in [2.05, 4.69) is 35.5 Å². The number of anilines is 2. The molecule has 3 N–H and O–H groups in total. The third-order valence-corrected chi connectivity index (χ3v) is 7.60. The summed E-state index contributed by atoms with van der Waals surface area (Å²) < 4.78 is 32.7. The number of halogens is 1. The molecule has 0 aliphatic rings. The number of nitrogens with one attached hydrogen (secondary N) is 1. The van der Waals surface area contributed by atoms with E-state index in [1.165, 1.54) is 29.7 Å². The Morgan fingerprint density at radius 2 is 1.91 bits per heavy atom. The number of hydrogen-bond acceptors (Lipinski definition) is 8. The molecule has 0 bridgehead atoms. The van der Waals surface area contributed by atoms with Crippen molar-refractivity contribution >= 4 is 44.6 Å². The van der Waals surface area contributed by atoms with Crippen molar-refractivity contribution in [1.82, 2.24) is 15.0 Å². The van der Waals surface area contributed by atoms with Crippen LogP contribution in [0.2, 0.25) is 5.02 Å². The Morgan fingerprint density at radius 3 is 2.56 bits per heavy atom. The van der Waals surface area contributed by atoms with E-state index < -0.39 is 10.0 Å². The third-order valence-electron chi connectivity index (χ3n) is 4.43. The van der Waals surface area contributed by atoms with E-state index in [0.29, 0.717) is 17.0 Å². The van der Waals surface area contributed by atoms with Gasteiger partial charge in [-0.1, -0.05) is 44.5 Å². The van der Waals surface area contributed by atoms with E-state index in [0.717, 1.165) is 9.88 Å². The van der Waals surface area contributed by atoms with Gasteiger partial charge in [0.1, 0.15) is 0 Å². The number of nitrogen functional groups attached to an aromatic ring is 1. The molecular weight excluding hydrogens is 470 g/mol. The minimum absolute atomic E-state index is 0.144. The SMILES string of the molecule is CC(C)(C)c1nc(-c2cccc(NS(=O)(=O)c3ccco3)c2Cl)c(-c2ccnc(N)n2)s1. The minimum atomic E-state index is -3.93. The fourth-order valence-electron chi connectivity index (χ4n) is 2.90. The molecule has 0 aliphatic heterocycles. The fourth-order valence-corrected chi connectivity index (χ4v) is 5.33. The second-order valence-electron chi connectivity index (χ2n) is 7.95. The van der Waals surface area contributed by atoms with E-state index in [9.17, 15) is 8.42 Å². The van der Waals surface area contributed by atoms with Crippen molar-refractivity contribution in [1.29, 1.82) is 0 Å². The summed E-state index contributed by atoms with van der Waals surface area (Å²) in [4.78, 5) is 13.9. The van der Waals surface area contributed by atoms with Gasteiger partial charge in [-0.3, -0.25) is 4.72 Å². The topological polar surface area (TPSA) is 124 Å². The van der Waals surface area contributed by atoms with Crippen LogP contribution in [0.5, 0.6) is 0 Å². The van der Waals surface area contributed by atoms with Gasteiger partial charge in [0.25, 0.3) is 10.0 Å². The van der Waals surface area contributed by atoms with Crippen molar-refractivity contribution in [2.75, 3.05) is 10.5 Å². The number of furan rings is 1. The molecule has 11 heteroatoms. The van der Waals surface area contributed by atoms with Crippen LogP contribution in [0.15, 0.2) is 58.4 Å². The normalized spacial score (nSPS) is 12.1. The Morgan fingerprint density at radius 1 is 1.12 bits per heavy atom. The Kier molecular flexibility index (Phi) is 5.70. The second-order valence-corrected chi connectivity index (χ2v) is 10.9. The minimum Gasteiger partial charge on any atom is -0.451 e. The molecule has 0 aliphatic carbocycles.